The number of anilines is 1. The van der Waals surface area contributed by atoms with Crippen LogP contribution in [0.1, 0.15) is 36.8 Å². The number of aromatic nitrogens is 1. The number of hydrogen-bond acceptors (Lipinski definition) is 3. The molecule has 1 fully saturated rings. The summed E-state index contributed by atoms with van der Waals surface area (Å²) < 4.78 is 0. The third-order valence-corrected chi connectivity index (χ3v) is 4.61. The van der Waals surface area contributed by atoms with Crippen LogP contribution in [-0.4, -0.2) is 11.5 Å². The molecule has 2 unspecified atom stereocenters. The zero-order chi connectivity index (χ0) is 10.8. The lowest BCUT2D eigenvalue weighted by Gasteiger charge is -2.15. The number of aryl methyl sites for hydroxylation is 2. The molecule has 0 radical (unpaired) electrons. The predicted octanol–water partition coefficient (Wildman–Crippen LogP) is 3.61. The minimum atomic E-state index is 0.856. The highest BCUT2D eigenvalue weighted by Gasteiger charge is 2.23. The molecule has 15 heavy (non-hydrogen) atoms. The van der Waals surface area contributed by atoms with Gasteiger partial charge in [0, 0.05) is 11.4 Å². The lowest BCUT2D eigenvalue weighted by atomic mass is 9.98. The Balaban J connectivity index is 1.87. The first kappa shape index (κ1) is 10.9. The Morgan fingerprint density at radius 1 is 1.40 bits per heavy atom. The maximum Gasteiger partial charge on any atom is 0.183 e. The summed E-state index contributed by atoms with van der Waals surface area (Å²) in [5.41, 5.74) is 1.17. The highest BCUT2D eigenvalue weighted by atomic mass is 32.1. The van der Waals surface area contributed by atoms with E-state index in [1.807, 2.05) is 0 Å². The van der Waals surface area contributed by atoms with Crippen LogP contribution in [0.15, 0.2) is 0 Å². The molecular formula is C12H20N2S. The van der Waals surface area contributed by atoms with E-state index in [2.05, 4.69) is 31.1 Å². The van der Waals surface area contributed by atoms with Gasteiger partial charge in [0.05, 0.1) is 5.69 Å². The largest absolute Gasteiger partial charge is 0.361 e. The van der Waals surface area contributed by atoms with Crippen LogP contribution in [0.2, 0.25) is 0 Å². The Kier molecular flexibility index (Phi) is 3.29. The normalized spacial score (nSPS) is 25.8. The van der Waals surface area contributed by atoms with Crippen LogP contribution in [-0.2, 0) is 0 Å². The fourth-order valence-electron chi connectivity index (χ4n) is 2.29. The molecule has 0 saturated heterocycles. The number of nitrogens with one attached hydrogen (secondary N) is 1. The van der Waals surface area contributed by atoms with Gasteiger partial charge in [0.2, 0.25) is 0 Å². The summed E-state index contributed by atoms with van der Waals surface area (Å²) in [7, 11) is 0. The van der Waals surface area contributed by atoms with Crippen molar-refractivity contribution in [3.63, 3.8) is 0 Å². The third-order valence-electron chi connectivity index (χ3n) is 3.58. The fraction of sp³-hybridized carbons (Fsp3) is 0.750. The average Bonchev–Trinajstić information content (AvgIpc) is 2.72. The Hall–Kier alpha value is -0.570. The monoisotopic (exact) mass is 224 g/mol. The zero-order valence-electron chi connectivity index (χ0n) is 9.84. The Morgan fingerprint density at radius 3 is 2.73 bits per heavy atom. The molecule has 3 heteroatoms. The fourth-order valence-corrected chi connectivity index (χ4v) is 3.11. The number of nitrogens with zero attached hydrogens (tertiary/aromatic N) is 1. The summed E-state index contributed by atoms with van der Waals surface area (Å²) in [6, 6.07) is 0. The topological polar surface area (TPSA) is 24.9 Å². The van der Waals surface area contributed by atoms with E-state index in [1.54, 1.807) is 11.3 Å². The van der Waals surface area contributed by atoms with Crippen molar-refractivity contribution in [3.8, 4) is 0 Å². The van der Waals surface area contributed by atoms with Crippen LogP contribution in [0.3, 0.4) is 0 Å². The van der Waals surface area contributed by atoms with E-state index in [-0.39, 0.29) is 0 Å². The molecule has 84 valence electrons. The van der Waals surface area contributed by atoms with E-state index in [4.69, 9.17) is 0 Å². The van der Waals surface area contributed by atoms with Gasteiger partial charge >= 0.3 is 0 Å². The van der Waals surface area contributed by atoms with E-state index in [0.717, 1.165) is 23.5 Å². The summed E-state index contributed by atoms with van der Waals surface area (Å²) in [5, 5.41) is 4.59. The van der Waals surface area contributed by atoms with Crippen molar-refractivity contribution >= 4 is 16.5 Å². The van der Waals surface area contributed by atoms with Crippen molar-refractivity contribution in [2.75, 3.05) is 11.9 Å². The van der Waals surface area contributed by atoms with Gasteiger partial charge in [-0.2, -0.15) is 0 Å². The summed E-state index contributed by atoms with van der Waals surface area (Å²) in [6.07, 6.45) is 4.20. The van der Waals surface area contributed by atoms with Crippen LogP contribution in [0, 0.1) is 25.7 Å². The second kappa shape index (κ2) is 4.52. The second-order valence-corrected chi connectivity index (χ2v) is 5.91. The molecule has 2 atom stereocenters. The standard InChI is InChI=1S/C12H20N2S/c1-8-5-4-6-11(8)7-13-12-14-9(2)10(3)15-12/h8,11H,4-7H2,1-3H3,(H,13,14). The second-order valence-electron chi connectivity index (χ2n) is 4.71. The molecule has 2 rings (SSSR count). The first-order chi connectivity index (χ1) is 7.16. The lowest BCUT2D eigenvalue weighted by molar-refractivity contribution is 0.439. The van der Waals surface area contributed by atoms with Crippen molar-refractivity contribution in [1.29, 1.82) is 0 Å². The Bertz CT molecular complexity index is 313. The summed E-state index contributed by atoms with van der Waals surface area (Å²) >= 11 is 1.78. The Morgan fingerprint density at radius 2 is 2.20 bits per heavy atom. The predicted molar refractivity (Wildman–Crippen MR) is 66.6 cm³/mol. The molecule has 0 bridgehead atoms. The van der Waals surface area contributed by atoms with Crippen LogP contribution in [0.5, 0.6) is 0 Å². The number of thiazole rings is 1. The first-order valence-corrected chi connectivity index (χ1v) is 6.66. The highest BCUT2D eigenvalue weighted by molar-refractivity contribution is 7.15. The average molecular weight is 224 g/mol. The minimum absolute atomic E-state index is 0.856. The van der Waals surface area contributed by atoms with Crippen LogP contribution < -0.4 is 5.32 Å². The van der Waals surface area contributed by atoms with E-state index < -0.39 is 0 Å². The van der Waals surface area contributed by atoms with Crippen molar-refractivity contribution < 1.29 is 0 Å². The van der Waals surface area contributed by atoms with E-state index in [0.29, 0.717) is 0 Å². The van der Waals surface area contributed by atoms with E-state index >= 15 is 0 Å². The molecule has 0 aromatic carbocycles. The maximum absolute atomic E-state index is 4.50. The molecule has 1 aliphatic rings. The van der Waals surface area contributed by atoms with Gasteiger partial charge in [-0.15, -0.1) is 11.3 Å². The van der Waals surface area contributed by atoms with Gasteiger partial charge in [0.15, 0.2) is 5.13 Å². The van der Waals surface area contributed by atoms with Crippen molar-refractivity contribution in [3.05, 3.63) is 10.6 Å². The molecule has 0 spiro atoms. The number of rotatable bonds is 3. The molecule has 1 aromatic rings. The number of hydrogen-bond donors (Lipinski definition) is 1. The van der Waals surface area contributed by atoms with Crippen molar-refractivity contribution in [2.24, 2.45) is 11.8 Å². The van der Waals surface area contributed by atoms with E-state index in [9.17, 15) is 0 Å². The van der Waals surface area contributed by atoms with Gasteiger partial charge in [-0.1, -0.05) is 19.8 Å². The van der Waals surface area contributed by atoms with Gasteiger partial charge in [-0.25, -0.2) is 4.98 Å². The van der Waals surface area contributed by atoms with Gasteiger partial charge in [0.25, 0.3) is 0 Å². The maximum atomic E-state index is 4.50. The van der Waals surface area contributed by atoms with Gasteiger partial charge in [0.1, 0.15) is 0 Å². The molecule has 1 aliphatic carbocycles. The summed E-state index contributed by atoms with van der Waals surface area (Å²) in [6.45, 7) is 7.69. The van der Waals surface area contributed by atoms with Gasteiger partial charge in [-0.3, -0.25) is 0 Å². The quantitative estimate of drug-likeness (QED) is 0.848. The first-order valence-electron chi connectivity index (χ1n) is 5.84. The summed E-state index contributed by atoms with van der Waals surface area (Å²) in [5.74, 6) is 1.74. The molecule has 1 aromatic heterocycles. The summed E-state index contributed by atoms with van der Waals surface area (Å²) in [4.78, 5) is 5.83. The smallest absolute Gasteiger partial charge is 0.183 e. The third kappa shape index (κ3) is 2.51. The van der Waals surface area contributed by atoms with Crippen LogP contribution in [0.4, 0.5) is 5.13 Å². The van der Waals surface area contributed by atoms with Crippen LogP contribution in [0.25, 0.3) is 0 Å². The molecule has 2 nitrogen and oxygen atoms in total. The molecular weight excluding hydrogens is 204 g/mol. The highest BCUT2D eigenvalue weighted by Crippen LogP contribution is 2.31. The van der Waals surface area contributed by atoms with Crippen LogP contribution >= 0.6 is 11.3 Å². The van der Waals surface area contributed by atoms with Crippen molar-refractivity contribution in [2.45, 2.75) is 40.0 Å². The van der Waals surface area contributed by atoms with Gasteiger partial charge < -0.3 is 5.32 Å². The van der Waals surface area contributed by atoms with Crippen molar-refractivity contribution in [1.82, 2.24) is 4.98 Å². The molecule has 1 saturated carbocycles. The molecule has 0 aliphatic heterocycles. The minimum Gasteiger partial charge on any atom is -0.361 e. The zero-order valence-corrected chi connectivity index (χ0v) is 10.7. The SMILES string of the molecule is Cc1nc(NCC2CCCC2C)sc1C. The molecule has 1 heterocycles. The molecule has 1 N–H and O–H groups in total. The Labute approximate surface area is 96.1 Å². The van der Waals surface area contributed by atoms with E-state index in [1.165, 1.54) is 29.8 Å². The lowest BCUT2D eigenvalue weighted by Crippen LogP contribution is -2.16. The molecule has 0 amide bonds. The van der Waals surface area contributed by atoms with Gasteiger partial charge in [-0.05, 0) is 32.1 Å².